The number of phenols is 1. The van der Waals surface area contributed by atoms with Crippen molar-refractivity contribution in [3.8, 4) is 5.75 Å². The van der Waals surface area contributed by atoms with Gasteiger partial charge in [0.1, 0.15) is 11.4 Å². The van der Waals surface area contributed by atoms with E-state index in [-0.39, 0.29) is 11.5 Å². The number of halogens is 1. The number of aromatic hydroxyl groups is 1. The Morgan fingerprint density at radius 3 is 2.44 bits per heavy atom. The predicted octanol–water partition coefficient (Wildman–Crippen LogP) is 3.63. The molecule has 0 aromatic heterocycles. The summed E-state index contributed by atoms with van der Waals surface area (Å²) in [6.07, 6.45) is 1.18. The van der Waals surface area contributed by atoms with E-state index in [1.54, 1.807) is 42.5 Å². The molecule has 2 aromatic rings. The summed E-state index contributed by atoms with van der Waals surface area (Å²) in [6, 6.07) is 13.1. The lowest BCUT2D eigenvalue weighted by atomic mass is 10.1. The molecule has 0 unspecified atom stereocenters. The first-order chi connectivity index (χ1) is 8.66. The zero-order valence-corrected chi connectivity index (χ0v) is 10.1. The van der Waals surface area contributed by atoms with Gasteiger partial charge in [0.15, 0.2) is 0 Å². The molecule has 0 fully saturated rings. The van der Waals surface area contributed by atoms with Crippen molar-refractivity contribution in [1.29, 1.82) is 0 Å². The molecular formula is C14H10ClNO2. The molecule has 3 nitrogen and oxygen atoms in total. The Morgan fingerprint density at radius 1 is 1.11 bits per heavy atom. The standard InChI is InChI=1S/C14H10ClNO2/c15-11-7-5-10(6-8-11)14(18)9-16-12-3-1-2-4-13(12)17/h1-9,17H. The van der Waals surface area contributed by atoms with Gasteiger partial charge >= 0.3 is 0 Å². The Kier molecular flexibility index (Phi) is 3.75. The van der Waals surface area contributed by atoms with Crippen LogP contribution in [0.5, 0.6) is 5.75 Å². The monoisotopic (exact) mass is 259 g/mol. The highest BCUT2D eigenvalue weighted by Crippen LogP contribution is 2.24. The third-order valence-electron chi connectivity index (χ3n) is 2.33. The molecule has 0 spiro atoms. The van der Waals surface area contributed by atoms with Gasteiger partial charge in [-0.1, -0.05) is 23.7 Å². The Labute approximate surface area is 109 Å². The zero-order chi connectivity index (χ0) is 13.0. The van der Waals surface area contributed by atoms with E-state index in [1.165, 1.54) is 12.3 Å². The van der Waals surface area contributed by atoms with Crippen molar-refractivity contribution in [2.45, 2.75) is 0 Å². The van der Waals surface area contributed by atoms with E-state index >= 15 is 0 Å². The van der Waals surface area contributed by atoms with Crippen LogP contribution in [0.3, 0.4) is 0 Å². The number of benzene rings is 2. The second-order valence-electron chi connectivity index (χ2n) is 3.62. The topological polar surface area (TPSA) is 49.7 Å². The molecule has 1 N–H and O–H groups in total. The SMILES string of the molecule is O=C(C=Nc1ccccc1O)c1ccc(Cl)cc1. The number of nitrogens with zero attached hydrogens (tertiary/aromatic N) is 1. The van der Waals surface area contributed by atoms with Gasteiger partial charge in [0.2, 0.25) is 5.78 Å². The Balaban J connectivity index is 2.17. The van der Waals surface area contributed by atoms with Crippen LogP contribution in [-0.4, -0.2) is 17.1 Å². The minimum atomic E-state index is -0.241. The fourth-order valence-corrected chi connectivity index (χ4v) is 1.52. The molecule has 0 aliphatic heterocycles. The maximum atomic E-state index is 11.8. The molecule has 0 saturated heterocycles. The van der Waals surface area contributed by atoms with Crippen LogP contribution in [0.25, 0.3) is 0 Å². The molecule has 0 heterocycles. The van der Waals surface area contributed by atoms with E-state index in [0.717, 1.165) is 0 Å². The summed E-state index contributed by atoms with van der Waals surface area (Å²) in [4.78, 5) is 15.7. The number of hydrogen-bond donors (Lipinski definition) is 1. The largest absolute Gasteiger partial charge is 0.506 e. The predicted molar refractivity (Wildman–Crippen MR) is 72.0 cm³/mol. The van der Waals surface area contributed by atoms with E-state index in [4.69, 9.17) is 11.6 Å². The summed E-state index contributed by atoms with van der Waals surface area (Å²) >= 11 is 5.73. The average molecular weight is 260 g/mol. The molecule has 0 aliphatic rings. The molecule has 0 atom stereocenters. The van der Waals surface area contributed by atoms with E-state index < -0.39 is 0 Å². The second-order valence-corrected chi connectivity index (χ2v) is 4.05. The number of rotatable bonds is 3. The normalized spacial score (nSPS) is 10.7. The summed E-state index contributed by atoms with van der Waals surface area (Å²) in [5.41, 5.74) is 0.860. The Morgan fingerprint density at radius 2 is 1.78 bits per heavy atom. The van der Waals surface area contributed by atoms with Crippen LogP contribution >= 0.6 is 11.6 Å². The van der Waals surface area contributed by atoms with Crippen molar-refractivity contribution in [3.05, 3.63) is 59.1 Å². The van der Waals surface area contributed by atoms with Crippen LogP contribution in [0.2, 0.25) is 5.02 Å². The van der Waals surface area contributed by atoms with Gasteiger partial charge in [0, 0.05) is 10.6 Å². The van der Waals surface area contributed by atoms with Crippen LogP contribution in [0.1, 0.15) is 10.4 Å². The van der Waals surface area contributed by atoms with Crippen LogP contribution in [-0.2, 0) is 0 Å². The maximum Gasteiger partial charge on any atom is 0.204 e. The van der Waals surface area contributed by atoms with Gasteiger partial charge in [-0.05, 0) is 36.4 Å². The second kappa shape index (κ2) is 5.47. The highest BCUT2D eigenvalue weighted by molar-refractivity contribution is 6.36. The summed E-state index contributed by atoms with van der Waals surface area (Å²) in [5.74, 6) is -0.201. The molecule has 0 amide bonds. The third-order valence-corrected chi connectivity index (χ3v) is 2.58. The molecule has 2 aromatic carbocycles. The van der Waals surface area contributed by atoms with Crippen molar-refractivity contribution in [2.24, 2.45) is 4.99 Å². The van der Waals surface area contributed by atoms with Gasteiger partial charge in [0.05, 0.1) is 6.21 Å². The number of carbonyl (C=O) groups excluding carboxylic acids is 1. The number of ketones is 1. The van der Waals surface area contributed by atoms with Crippen molar-refractivity contribution < 1.29 is 9.90 Å². The Hall–Kier alpha value is -2.13. The molecule has 0 bridgehead atoms. The first-order valence-corrected chi connectivity index (χ1v) is 5.66. The lowest BCUT2D eigenvalue weighted by Gasteiger charge is -1.97. The van der Waals surface area contributed by atoms with Crippen molar-refractivity contribution >= 4 is 29.3 Å². The molecule has 0 saturated carbocycles. The lowest BCUT2D eigenvalue weighted by molar-refractivity contribution is 0.107. The number of carbonyl (C=O) groups is 1. The van der Waals surface area contributed by atoms with Gasteiger partial charge in [-0.25, -0.2) is 4.99 Å². The average Bonchev–Trinajstić information content (AvgIpc) is 2.38. The maximum absolute atomic E-state index is 11.8. The number of phenolic OH excluding ortho intramolecular Hbond substituents is 1. The quantitative estimate of drug-likeness (QED) is 0.676. The molecule has 2 rings (SSSR count). The van der Waals surface area contributed by atoms with Crippen molar-refractivity contribution in [1.82, 2.24) is 0 Å². The summed E-state index contributed by atoms with van der Waals surface area (Å²) < 4.78 is 0. The van der Waals surface area contributed by atoms with Gasteiger partial charge in [-0.3, -0.25) is 4.79 Å². The van der Waals surface area contributed by atoms with Gasteiger partial charge in [-0.2, -0.15) is 0 Å². The lowest BCUT2D eigenvalue weighted by Crippen LogP contribution is -1.99. The van der Waals surface area contributed by atoms with Crippen molar-refractivity contribution in [2.75, 3.05) is 0 Å². The van der Waals surface area contributed by atoms with Crippen LogP contribution in [0.15, 0.2) is 53.5 Å². The van der Waals surface area contributed by atoms with Gasteiger partial charge < -0.3 is 5.11 Å². The number of para-hydroxylation sites is 2. The highest BCUT2D eigenvalue weighted by atomic mass is 35.5. The summed E-state index contributed by atoms with van der Waals surface area (Å²) in [6.45, 7) is 0. The van der Waals surface area contributed by atoms with Gasteiger partial charge in [0.25, 0.3) is 0 Å². The van der Waals surface area contributed by atoms with Crippen LogP contribution in [0, 0.1) is 0 Å². The Bertz CT molecular complexity index is 591. The molecule has 0 radical (unpaired) electrons. The minimum Gasteiger partial charge on any atom is -0.506 e. The number of aliphatic imine (C=N–C) groups is 1. The smallest absolute Gasteiger partial charge is 0.204 e. The molecule has 0 aliphatic carbocycles. The van der Waals surface area contributed by atoms with E-state index in [1.807, 2.05) is 0 Å². The van der Waals surface area contributed by atoms with Crippen molar-refractivity contribution in [3.63, 3.8) is 0 Å². The van der Waals surface area contributed by atoms with Crippen LogP contribution in [0.4, 0.5) is 5.69 Å². The number of Topliss-reactive ketones (excluding diaryl/α,β-unsaturated/α-hetero) is 1. The van der Waals surface area contributed by atoms with Crippen LogP contribution < -0.4 is 0 Å². The molecule has 4 heteroatoms. The van der Waals surface area contributed by atoms with E-state index in [2.05, 4.69) is 4.99 Å². The molecule has 18 heavy (non-hydrogen) atoms. The number of hydrogen-bond acceptors (Lipinski definition) is 3. The fraction of sp³-hybridized carbons (Fsp3) is 0. The third kappa shape index (κ3) is 2.96. The minimum absolute atomic E-state index is 0.0395. The zero-order valence-electron chi connectivity index (χ0n) is 9.38. The van der Waals surface area contributed by atoms with E-state index in [0.29, 0.717) is 16.3 Å². The first-order valence-electron chi connectivity index (χ1n) is 5.29. The summed E-state index contributed by atoms with van der Waals surface area (Å²) in [7, 11) is 0. The fourth-order valence-electron chi connectivity index (χ4n) is 1.39. The van der Waals surface area contributed by atoms with E-state index in [9.17, 15) is 9.90 Å². The molecule has 90 valence electrons. The highest BCUT2D eigenvalue weighted by Gasteiger charge is 2.03. The van der Waals surface area contributed by atoms with Gasteiger partial charge in [-0.15, -0.1) is 0 Å². The molecular weight excluding hydrogens is 250 g/mol. The first kappa shape index (κ1) is 12.3. The summed E-state index contributed by atoms with van der Waals surface area (Å²) in [5, 5.41) is 10.1.